The molecule has 1 heterocycles. The number of rotatable bonds is 4. The van der Waals surface area contributed by atoms with E-state index in [0.717, 1.165) is 0 Å². The third-order valence-corrected chi connectivity index (χ3v) is 5.06. The van der Waals surface area contributed by atoms with E-state index in [4.69, 9.17) is 23.2 Å². The molecule has 0 atom stereocenters. The Balaban J connectivity index is 1.91. The summed E-state index contributed by atoms with van der Waals surface area (Å²) in [5, 5.41) is 12.4. The molecule has 3 aromatic carbocycles. The molecule has 0 N–H and O–H groups in total. The molecule has 30 heavy (non-hydrogen) atoms. The van der Waals surface area contributed by atoms with Crippen molar-refractivity contribution in [1.29, 1.82) is 0 Å². The van der Waals surface area contributed by atoms with Crippen LogP contribution in [0.2, 0.25) is 10.0 Å². The fourth-order valence-corrected chi connectivity index (χ4v) is 3.51. The molecule has 0 saturated carbocycles. The molecule has 4 rings (SSSR count). The Morgan fingerprint density at radius 1 is 0.967 bits per heavy atom. The lowest BCUT2D eigenvalue weighted by atomic mass is 10.2. The number of benzene rings is 3. The van der Waals surface area contributed by atoms with Crippen molar-refractivity contribution in [3.63, 3.8) is 0 Å². The van der Waals surface area contributed by atoms with Crippen molar-refractivity contribution < 1.29 is 4.92 Å². The summed E-state index contributed by atoms with van der Waals surface area (Å²) in [7, 11) is 0. The van der Waals surface area contributed by atoms with Gasteiger partial charge in [-0.1, -0.05) is 41.4 Å². The third kappa shape index (κ3) is 3.83. The lowest BCUT2D eigenvalue weighted by Gasteiger charge is -2.11. The van der Waals surface area contributed by atoms with Gasteiger partial charge in [0.1, 0.15) is 5.82 Å². The molecule has 0 aliphatic heterocycles. The molecule has 0 amide bonds. The molecular formula is C22H13Cl2N3O3. The molecule has 0 aliphatic carbocycles. The first-order valence-corrected chi connectivity index (χ1v) is 9.59. The van der Waals surface area contributed by atoms with Gasteiger partial charge in [0.25, 0.3) is 11.2 Å². The number of hydrogen-bond donors (Lipinski definition) is 0. The molecule has 148 valence electrons. The largest absolute Gasteiger partial charge is 0.269 e. The highest BCUT2D eigenvalue weighted by molar-refractivity contribution is 6.35. The van der Waals surface area contributed by atoms with Crippen LogP contribution in [0.1, 0.15) is 11.4 Å². The van der Waals surface area contributed by atoms with Gasteiger partial charge in [0.15, 0.2) is 0 Å². The summed E-state index contributed by atoms with van der Waals surface area (Å²) in [4.78, 5) is 28.3. The Labute approximate surface area is 180 Å². The van der Waals surface area contributed by atoms with Crippen LogP contribution in [0.5, 0.6) is 0 Å². The van der Waals surface area contributed by atoms with E-state index in [2.05, 4.69) is 4.98 Å². The molecule has 0 spiro atoms. The summed E-state index contributed by atoms with van der Waals surface area (Å²) >= 11 is 12.2. The van der Waals surface area contributed by atoms with Crippen molar-refractivity contribution in [2.24, 2.45) is 0 Å². The zero-order valence-electron chi connectivity index (χ0n) is 15.3. The molecular weight excluding hydrogens is 425 g/mol. The SMILES string of the molecule is O=c1c2ccccc2nc(/C=C/c2ccc(Cl)cc2Cl)n1-c1ccc([N+](=O)[O-])cc1. The van der Waals surface area contributed by atoms with Gasteiger partial charge in [-0.25, -0.2) is 4.98 Å². The Morgan fingerprint density at radius 2 is 1.70 bits per heavy atom. The Hall–Kier alpha value is -3.48. The number of non-ortho nitro benzene ring substituents is 1. The quantitative estimate of drug-likeness (QED) is 0.299. The van der Waals surface area contributed by atoms with Crippen LogP contribution >= 0.6 is 23.2 Å². The number of para-hydroxylation sites is 1. The standard InChI is InChI=1S/C22H13Cl2N3O3/c23-15-7-5-14(19(24)13-15)6-12-21-25-20-4-2-1-3-18(20)22(28)26(21)16-8-10-17(11-9-16)27(29)30/h1-13H/b12-6+. The molecule has 1 aromatic heterocycles. The van der Waals surface area contributed by atoms with E-state index < -0.39 is 4.92 Å². The molecule has 0 saturated heterocycles. The second-order valence-electron chi connectivity index (χ2n) is 6.40. The zero-order chi connectivity index (χ0) is 21.3. The van der Waals surface area contributed by atoms with E-state index >= 15 is 0 Å². The van der Waals surface area contributed by atoms with E-state index in [-0.39, 0.29) is 11.2 Å². The normalized spacial score (nSPS) is 11.3. The highest BCUT2D eigenvalue weighted by atomic mass is 35.5. The maximum atomic E-state index is 13.2. The predicted molar refractivity (Wildman–Crippen MR) is 119 cm³/mol. The van der Waals surface area contributed by atoms with E-state index in [1.807, 2.05) is 0 Å². The van der Waals surface area contributed by atoms with Crippen molar-refractivity contribution in [2.45, 2.75) is 0 Å². The fourth-order valence-electron chi connectivity index (χ4n) is 3.04. The topological polar surface area (TPSA) is 78.0 Å². The number of aromatic nitrogens is 2. The average molecular weight is 438 g/mol. The minimum atomic E-state index is -0.492. The molecule has 0 bridgehead atoms. The molecule has 8 heteroatoms. The van der Waals surface area contributed by atoms with Gasteiger partial charge >= 0.3 is 0 Å². The van der Waals surface area contributed by atoms with Gasteiger partial charge in [-0.3, -0.25) is 19.5 Å². The predicted octanol–water partition coefficient (Wildman–Crippen LogP) is 5.77. The van der Waals surface area contributed by atoms with Gasteiger partial charge in [-0.05, 0) is 54.1 Å². The van der Waals surface area contributed by atoms with Gasteiger partial charge in [0.2, 0.25) is 0 Å². The van der Waals surface area contributed by atoms with Gasteiger partial charge in [0.05, 0.1) is 21.5 Å². The lowest BCUT2D eigenvalue weighted by Crippen LogP contribution is -2.22. The van der Waals surface area contributed by atoms with Crippen LogP contribution in [0.3, 0.4) is 0 Å². The monoisotopic (exact) mass is 437 g/mol. The summed E-state index contributed by atoms with van der Waals surface area (Å²) in [5.74, 6) is 0.360. The van der Waals surface area contributed by atoms with Crippen molar-refractivity contribution in [3.05, 3.63) is 109 Å². The van der Waals surface area contributed by atoms with Gasteiger partial charge < -0.3 is 0 Å². The van der Waals surface area contributed by atoms with E-state index in [1.54, 1.807) is 54.6 Å². The maximum absolute atomic E-state index is 13.2. The molecule has 0 radical (unpaired) electrons. The molecule has 0 unspecified atom stereocenters. The lowest BCUT2D eigenvalue weighted by molar-refractivity contribution is -0.384. The second-order valence-corrected chi connectivity index (χ2v) is 7.24. The minimum absolute atomic E-state index is 0.0643. The van der Waals surface area contributed by atoms with Gasteiger partial charge in [0, 0.05) is 22.2 Å². The number of fused-ring (bicyclic) bond motifs is 1. The molecule has 4 aromatic rings. The van der Waals surface area contributed by atoms with Crippen LogP contribution in [0, 0.1) is 10.1 Å². The third-order valence-electron chi connectivity index (χ3n) is 4.49. The first-order chi connectivity index (χ1) is 14.4. The zero-order valence-corrected chi connectivity index (χ0v) is 16.8. The molecule has 0 aliphatic rings. The van der Waals surface area contributed by atoms with Crippen molar-refractivity contribution >= 4 is 51.9 Å². The number of nitro benzene ring substituents is 1. The van der Waals surface area contributed by atoms with Crippen molar-refractivity contribution in [1.82, 2.24) is 9.55 Å². The highest BCUT2D eigenvalue weighted by Crippen LogP contribution is 2.23. The summed E-state index contributed by atoms with van der Waals surface area (Å²) in [5.41, 5.74) is 1.37. The van der Waals surface area contributed by atoms with Gasteiger partial charge in [-0.2, -0.15) is 0 Å². The van der Waals surface area contributed by atoms with Crippen LogP contribution in [0.15, 0.2) is 71.5 Å². The van der Waals surface area contributed by atoms with E-state index in [9.17, 15) is 14.9 Å². The number of halogens is 2. The average Bonchev–Trinajstić information content (AvgIpc) is 2.73. The smallest absolute Gasteiger partial charge is 0.268 e. The fraction of sp³-hybridized carbons (Fsp3) is 0. The van der Waals surface area contributed by atoms with E-state index in [0.29, 0.717) is 38.0 Å². The minimum Gasteiger partial charge on any atom is -0.268 e. The summed E-state index contributed by atoms with van der Waals surface area (Å²) in [6, 6.07) is 17.8. The second kappa shape index (κ2) is 8.10. The van der Waals surface area contributed by atoms with Crippen LogP contribution in [-0.2, 0) is 0 Å². The van der Waals surface area contributed by atoms with E-state index in [1.165, 1.54) is 28.8 Å². The number of nitro groups is 1. The van der Waals surface area contributed by atoms with Crippen molar-refractivity contribution in [3.8, 4) is 5.69 Å². The summed E-state index contributed by atoms with van der Waals surface area (Å²) in [6.07, 6.45) is 3.40. The summed E-state index contributed by atoms with van der Waals surface area (Å²) in [6.45, 7) is 0. The first kappa shape index (κ1) is 19.8. The Morgan fingerprint density at radius 3 is 2.40 bits per heavy atom. The van der Waals surface area contributed by atoms with Crippen LogP contribution in [-0.4, -0.2) is 14.5 Å². The number of hydrogen-bond acceptors (Lipinski definition) is 4. The van der Waals surface area contributed by atoms with Gasteiger partial charge in [-0.15, -0.1) is 0 Å². The number of nitrogens with zero attached hydrogens (tertiary/aromatic N) is 3. The first-order valence-electron chi connectivity index (χ1n) is 8.84. The molecule has 0 fully saturated rings. The maximum Gasteiger partial charge on any atom is 0.269 e. The molecule has 6 nitrogen and oxygen atoms in total. The Bertz CT molecular complexity index is 1360. The van der Waals surface area contributed by atoms with Crippen LogP contribution in [0.25, 0.3) is 28.7 Å². The van der Waals surface area contributed by atoms with Crippen LogP contribution in [0.4, 0.5) is 5.69 Å². The van der Waals surface area contributed by atoms with Crippen LogP contribution < -0.4 is 5.56 Å². The Kier molecular flexibility index (Phi) is 5.35. The van der Waals surface area contributed by atoms with Crippen molar-refractivity contribution in [2.75, 3.05) is 0 Å². The summed E-state index contributed by atoms with van der Waals surface area (Å²) < 4.78 is 1.41. The highest BCUT2D eigenvalue weighted by Gasteiger charge is 2.13.